The minimum Gasteiger partial charge on any atom is -0.356 e. The summed E-state index contributed by atoms with van der Waals surface area (Å²) in [4.78, 5) is 4.62. The number of rotatable bonds is 9. The van der Waals surface area contributed by atoms with E-state index in [0.717, 1.165) is 36.8 Å². The van der Waals surface area contributed by atoms with Crippen LogP contribution in [-0.4, -0.2) is 40.3 Å². The lowest BCUT2D eigenvalue weighted by molar-refractivity contribution is 0.491. The van der Waals surface area contributed by atoms with Crippen molar-refractivity contribution in [3.8, 4) is 0 Å². The second kappa shape index (κ2) is 10.4. The van der Waals surface area contributed by atoms with E-state index in [2.05, 4.69) is 36.4 Å². The first-order valence-electron chi connectivity index (χ1n) is 8.98. The van der Waals surface area contributed by atoms with Gasteiger partial charge in [0.2, 0.25) is 0 Å². The fraction of sp³-hybridized carbons (Fsp3) is 0.632. The molecule has 1 aromatic carbocycles. The van der Waals surface area contributed by atoms with Crippen molar-refractivity contribution < 1.29 is 8.42 Å². The highest BCUT2D eigenvalue weighted by Crippen LogP contribution is 2.10. The van der Waals surface area contributed by atoms with Crippen LogP contribution >= 0.6 is 0 Å². The largest absolute Gasteiger partial charge is 0.356 e. The van der Waals surface area contributed by atoms with E-state index in [1.165, 1.54) is 19.1 Å². The minimum absolute atomic E-state index is 0.358. The molecule has 1 rings (SSSR count). The Labute approximate surface area is 153 Å². The van der Waals surface area contributed by atoms with Gasteiger partial charge in [-0.05, 0) is 43.4 Å². The number of hydrogen-bond acceptors (Lipinski definition) is 3. The highest BCUT2D eigenvalue weighted by Gasteiger charge is 2.07. The van der Waals surface area contributed by atoms with Gasteiger partial charge < -0.3 is 10.6 Å². The number of hydrogen-bond donors (Lipinski definition) is 2. The van der Waals surface area contributed by atoms with Crippen LogP contribution in [0.25, 0.3) is 0 Å². The lowest BCUT2D eigenvalue weighted by Gasteiger charge is -2.18. The molecule has 0 amide bonds. The zero-order valence-corrected chi connectivity index (χ0v) is 17.0. The Bertz CT molecular complexity index is 637. The minimum atomic E-state index is -3.13. The maximum Gasteiger partial charge on any atom is 0.191 e. The molecule has 0 aromatic heterocycles. The summed E-state index contributed by atoms with van der Waals surface area (Å²) in [5.74, 6) is 1.56. The molecule has 0 bridgehead atoms. The van der Waals surface area contributed by atoms with Crippen molar-refractivity contribution in [3.05, 3.63) is 29.8 Å². The second-order valence-electron chi connectivity index (χ2n) is 7.04. The zero-order chi connectivity index (χ0) is 18.9. The van der Waals surface area contributed by atoms with Gasteiger partial charge in [-0.25, -0.2) is 8.42 Å². The molecule has 6 heteroatoms. The summed E-state index contributed by atoms with van der Waals surface area (Å²) >= 11 is 0. The maximum absolute atomic E-state index is 11.5. The average Bonchev–Trinajstić information content (AvgIpc) is 2.53. The van der Waals surface area contributed by atoms with E-state index in [4.69, 9.17) is 0 Å². The standard InChI is InChI=1S/C19H33N3O2S/c1-15(2)7-6-8-16(3)22-19(20-4)21-14-13-17-9-11-18(12-10-17)25(5,23)24/h9-12,15-16H,6-8,13-14H2,1-5H3,(H2,20,21,22). The van der Waals surface area contributed by atoms with Crippen LogP contribution in [0.5, 0.6) is 0 Å². The van der Waals surface area contributed by atoms with Gasteiger partial charge in [-0.2, -0.15) is 0 Å². The normalized spacial score (nSPS) is 13.8. The van der Waals surface area contributed by atoms with Crippen LogP contribution in [0.2, 0.25) is 0 Å². The highest BCUT2D eigenvalue weighted by atomic mass is 32.2. The van der Waals surface area contributed by atoms with Crippen LogP contribution in [0.4, 0.5) is 0 Å². The first-order chi connectivity index (χ1) is 11.7. The van der Waals surface area contributed by atoms with Crippen LogP contribution in [0, 0.1) is 5.92 Å². The molecule has 0 fully saturated rings. The molecule has 0 radical (unpaired) electrons. The molecule has 1 aromatic rings. The van der Waals surface area contributed by atoms with Gasteiger partial charge in [0.05, 0.1) is 4.90 Å². The molecule has 0 aliphatic heterocycles. The third kappa shape index (κ3) is 8.91. The molecule has 0 aliphatic rings. The number of guanidine groups is 1. The van der Waals surface area contributed by atoms with Gasteiger partial charge in [0.15, 0.2) is 15.8 Å². The SMILES string of the molecule is CN=C(NCCc1ccc(S(C)(=O)=O)cc1)NC(C)CCCC(C)C. The first-order valence-corrected chi connectivity index (χ1v) is 10.9. The summed E-state index contributed by atoms with van der Waals surface area (Å²) in [5.41, 5.74) is 1.10. The van der Waals surface area contributed by atoms with Gasteiger partial charge in [-0.1, -0.05) is 38.8 Å². The van der Waals surface area contributed by atoms with Crippen LogP contribution in [-0.2, 0) is 16.3 Å². The Morgan fingerprint density at radius 1 is 1.12 bits per heavy atom. The van der Waals surface area contributed by atoms with E-state index in [-0.39, 0.29) is 0 Å². The third-order valence-corrected chi connectivity index (χ3v) is 5.21. The number of benzene rings is 1. The third-order valence-electron chi connectivity index (χ3n) is 4.08. The van der Waals surface area contributed by atoms with E-state index in [1.807, 2.05) is 12.1 Å². The van der Waals surface area contributed by atoms with E-state index in [0.29, 0.717) is 10.9 Å². The Morgan fingerprint density at radius 3 is 2.28 bits per heavy atom. The summed E-state index contributed by atoms with van der Waals surface area (Å²) in [7, 11) is -1.35. The zero-order valence-electron chi connectivity index (χ0n) is 16.2. The summed E-state index contributed by atoms with van der Waals surface area (Å²) in [5, 5.41) is 6.73. The van der Waals surface area contributed by atoms with Crippen LogP contribution in [0.1, 0.15) is 45.6 Å². The molecule has 0 saturated heterocycles. The monoisotopic (exact) mass is 367 g/mol. The molecule has 0 aliphatic carbocycles. The van der Waals surface area contributed by atoms with E-state index < -0.39 is 9.84 Å². The molecule has 0 saturated carbocycles. The van der Waals surface area contributed by atoms with Crippen molar-refractivity contribution in [1.29, 1.82) is 0 Å². The predicted octanol–water partition coefficient (Wildman–Crippen LogP) is 3.01. The number of nitrogens with zero attached hydrogens (tertiary/aromatic N) is 1. The maximum atomic E-state index is 11.5. The van der Waals surface area contributed by atoms with Gasteiger partial charge in [0, 0.05) is 25.9 Å². The predicted molar refractivity (Wildman–Crippen MR) is 106 cm³/mol. The Kier molecular flexibility index (Phi) is 8.97. The van der Waals surface area contributed by atoms with Gasteiger partial charge in [-0.3, -0.25) is 4.99 Å². The Morgan fingerprint density at radius 2 is 1.76 bits per heavy atom. The molecule has 142 valence electrons. The number of nitrogens with one attached hydrogen (secondary N) is 2. The Balaban J connectivity index is 2.37. The van der Waals surface area contributed by atoms with Crippen molar-refractivity contribution in [3.63, 3.8) is 0 Å². The van der Waals surface area contributed by atoms with E-state index >= 15 is 0 Å². The molecule has 2 N–H and O–H groups in total. The lowest BCUT2D eigenvalue weighted by atomic mass is 10.0. The van der Waals surface area contributed by atoms with Crippen molar-refractivity contribution in [2.75, 3.05) is 19.8 Å². The quantitative estimate of drug-likeness (QED) is 0.520. The van der Waals surface area contributed by atoms with Crippen LogP contribution in [0.3, 0.4) is 0 Å². The van der Waals surface area contributed by atoms with Crippen molar-refractivity contribution in [1.82, 2.24) is 10.6 Å². The molecule has 0 heterocycles. The van der Waals surface area contributed by atoms with Crippen LogP contribution in [0.15, 0.2) is 34.2 Å². The van der Waals surface area contributed by atoms with Gasteiger partial charge in [-0.15, -0.1) is 0 Å². The summed E-state index contributed by atoms with van der Waals surface area (Å²) in [6.45, 7) is 7.43. The lowest BCUT2D eigenvalue weighted by Crippen LogP contribution is -2.42. The Hall–Kier alpha value is -1.56. The number of sulfone groups is 1. The van der Waals surface area contributed by atoms with Crippen LogP contribution < -0.4 is 10.6 Å². The van der Waals surface area contributed by atoms with Gasteiger partial charge in [0.25, 0.3) is 0 Å². The summed E-state index contributed by atoms with van der Waals surface area (Å²) in [6.07, 6.45) is 5.64. The second-order valence-corrected chi connectivity index (χ2v) is 9.05. The number of aliphatic imine (C=N–C) groups is 1. The topological polar surface area (TPSA) is 70.6 Å². The molecular formula is C19H33N3O2S. The fourth-order valence-corrected chi connectivity index (χ4v) is 3.19. The smallest absolute Gasteiger partial charge is 0.191 e. The molecule has 25 heavy (non-hydrogen) atoms. The van der Waals surface area contributed by atoms with E-state index in [9.17, 15) is 8.42 Å². The fourth-order valence-electron chi connectivity index (χ4n) is 2.56. The van der Waals surface area contributed by atoms with Gasteiger partial charge in [0.1, 0.15) is 0 Å². The van der Waals surface area contributed by atoms with Crippen molar-refractivity contribution in [2.45, 2.75) is 57.4 Å². The highest BCUT2D eigenvalue weighted by molar-refractivity contribution is 7.90. The molecule has 1 atom stereocenters. The van der Waals surface area contributed by atoms with Crippen molar-refractivity contribution >= 4 is 15.8 Å². The average molecular weight is 368 g/mol. The molecule has 1 unspecified atom stereocenters. The molecule has 0 spiro atoms. The first kappa shape index (κ1) is 21.5. The summed E-state index contributed by atoms with van der Waals surface area (Å²) in [6, 6.07) is 7.44. The van der Waals surface area contributed by atoms with Gasteiger partial charge >= 0.3 is 0 Å². The summed E-state index contributed by atoms with van der Waals surface area (Å²) < 4.78 is 22.9. The molecule has 5 nitrogen and oxygen atoms in total. The van der Waals surface area contributed by atoms with E-state index in [1.54, 1.807) is 19.2 Å². The van der Waals surface area contributed by atoms with Crippen molar-refractivity contribution in [2.24, 2.45) is 10.9 Å². The molecular weight excluding hydrogens is 334 g/mol.